The second-order valence-corrected chi connectivity index (χ2v) is 10.3. The molecule has 200 valence electrons. The van der Waals surface area contributed by atoms with E-state index in [1.165, 1.54) is 12.1 Å². The normalized spacial score (nSPS) is 19.1. The Morgan fingerprint density at radius 2 is 1.92 bits per heavy atom. The molecule has 1 fully saturated rings. The number of hydrogen-bond acceptors (Lipinski definition) is 5. The fourth-order valence-electron chi connectivity index (χ4n) is 5.27. The van der Waals surface area contributed by atoms with Gasteiger partial charge in [0.15, 0.2) is 0 Å². The Hall–Kier alpha value is -3.85. The predicted octanol–water partition coefficient (Wildman–Crippen LogP) is 3.21. The maximum Gasteiger partial charge on any atom is 0.267 e. The quantitative estimate of drug-likeness (QED) is 0.443. The Bertz CT molecular complexity index is 1400. The smallest absolute Gasteiger partial charge is 0.267 e. The molecule has 2 amide bonds. The van der Waals surface area contributed by atoms with Crippen LogP contribution in [0, 0.1) is 25.6 Å². The zero-order valence-corrected chi connectivity index (χ0v) is 22.0. The first kappa shape index (κ1) is 27.2. The molecule has 1 aromatic heterocycles. The summed E-state index contributed by atoms with van der Waals surface area (Å²) in [6.07, 6.45) is -0.0539. The summed E-state index contributed by atoms with van der Waals surface area (Å²) in [5, 5.41) is 19.8. The molecule has 0 radical (unpaired) electrons. The van der Waals surface area contributed by atoms with E-state index in [-0.39, 0.29) is 23.9 Å². The van der Waals surface area contributed by atoms with Crippen LogP contribution in [-0.4, -0.2) is 50.7 Å². The topological polar surface area (TPSA) is 115 Å². The molecule has 38 heavy (non-hydrogen) atoms. The summed E-state index contributed by atoms with van der Waals surface area (Å²) in [6.45, 7) is 7.25. The Morgan fingerprint density at radius 1 is 1.16 bits per heavy atom. The number of carbonyl (C=O) groups excluding carboxylic acids is 2. The van der Waals surface area contributed by atoms with Gasteiger partial charge < -0.3 is 15.3 Å². The first-order valence-corrected chi connectivity index (χ1v) is 12.7. The molecule has 3 N–H and O–H groups in total. The van der Waals surface area contributed by atoms with E-state index in [2.05, 4.69) is 15.5 Å². The molecule has 0 bridgehead atoms. The number of benzene rings is 2. The van der Waals surface area contributed by atoms with Gasteiger partial charge in [0, 0.05) is 17.5 Å². The van der Waals surface area contributed by atoms with Crippen molar-refractivity contribution in [2.24, 2.45) is 5.92 Å². The highest BCUT2D eigenvalue weighted by molar-refractivity contribution is 5.96. The zero-order chi connectivity index (χ0) is 27.6. The number of aliphatic hydroxyl groups excluding tert-OH is 1. The van der Waals surface area contributed by atoms with Crippen LogP contribution in [0.15, 0.2) is 53.3 Å². The number of aryl methyl sites for hydroxylation is 2. The lowest BCUT2D eigenvalue weighted by Crippen LogP contribution is -2.47. The number of nitrogens with one attached hydrogen (secondary N) is 2. The molecular weight excluding hydrogens is 487 g/mol. The third-order valence-electron chi connectivity index (χ3n) is 7.11. The van der Waals surface area contributed by atoms with Crippen LogP contribution in [0.1, 0.15) is 64.6 Å². The molecule has 1 aliphatic heterocycles. The minimum atomic E-state index is -0.755. The number of amides is 2. The van der Waals surface area contributed by atoms with Gasteiger partial charge in [-0.2, -0.15) is 5.10 Å². The molecule has 3 aromatic rings. The highest BCUT2D eigenvalue weighted by atomic mass is 19.1. The van der Waals surface area contributed by atoms with Crippen LogP contribution in [-0.2, 0) is 11.2 Å². The van der Waals surface area contributed by atoms with Crippen LogP contribution >= 0.6 is 0 Å². The summed E-state index contributed by atoms with van der Waals surface area (Å²) >= 11 is 0. The highest BCUT2D eigenvalue weighted by Gasteiger charge is 2.45. The van der Waals surface area contributed by atoms with E-state index in [1.807, 2.05) is 20.8 Å². The maximum atomic E-state index is 13.9. The average Bonchev–Trinajstić information content (AvgIpc) is 3.23. The van der Waals surface area contributed by atoms with Gasteiger partial charge in [-0.1, -0.05) is 32.0 Å². The number of nitrogens with zero attached hydrogens (tertiary/aromatic N) is 2. The van der Waals surface area contributed by atoms with Crippen molar-refractivity contribution in [2.45, 2.75) is 58.7 Å². The highest BCUT2D eigenvalue weighted by Crippen LogP contribution is 2.39. The molecule has 1 saturated heterocycles. The molecule has 0 spiro atoms. The van der Waals surface area contributed by atoms with E-state index in [0.29, 0.717) is 35.2 Å². The van der Waals surface area contributed by atoms with Crippen LogP contribution in [0.5, 0.6) is 0 Å². The molecule has 0 aliphatic carbocycles. The van der Waals surface area contributed by atoms with Gasteiger partial charge in [-0.05, 0) is 73.2 Å². The molecule has 8 nitrogen and oxygen atoms in total. The van der Waals surface area contributed by atoms with E-state index in [1.54, 1.807) is 48.2 Å². The fourth-order valence-corrected chi connectivity index (χ4v) is 5.27. The minimum Gasteiger partial charge on any atom is -0.391 e. The lowest BCUT2D eigenvalue weighted by molar-refractivity contribution is -0.135. The number of likely N-dealkylation sites (tertiary alicyclic amines) is 1. The van der Waals surface area contributed by atoms with Crippen molar-refractivity contribution < 1.29 is 19.1 Å². The summed E-state index contributed by atoms with van der Waals surface area (Å²) in [4.78, 5) is 40.0. The summed E-state index contributed by atoms with van der Waals surface area (Å²) in [5.74, 6) is -1.19. The number of rotatable bonds is 7. The lowest BCUT2D eigenvalue weighted by atomic mass is 9.99. The Balaban J connectivity index is 1.47. The molecule has 3 atom stereocenters. The maximum absolute atomic E-state index is 13.9. The average molecular weight is 521 g/mol. The van der Waals surface area contributed by atoms with Crippen molar-refractivity contribution in [3.05, 3.63) is 98.2 Å². The number of halogens is 1. The van der Waals surface area contributed by atoms with Crippen molar-refractivity contribution >= 4 is 11.8 Å². The summed E-state index contributed by atoms with van der Waals surface area (Å²) < 4.78 is 13.9. The van der Waals surface area contributed by atoms with E-state index in [0.717, 1.165) is 11.1 Å². The molecule has 0 saturated carbocycles. The van der Waals surface area contributed by atoms with Gasteiger partial charge in [0.25, 0.3) is 11.5 Å². The van der Waals surface area contributed by atoms with Gasteiger partial charge >= 0.3 is 0 Å². The fraction of sp³-hybridized carbons (Fsp3) is 0.379. The van der Waals surface area contributed by atoms with Gasteiger partial charge in [-0.3, -0.25) is 14.4 Å². The minimum absolute atomic E-state index is 0.0326. The van der Waals surface area contributed by atoms with Gasteiger partial charge in [0.2, 0.25) is 5.91 Å². The number of aromatic amines is 1. The molecule has 4 rings (SSSR count). The Labute approximate surface area is 220 Å². The van der Waals surface area contributed by atoms with Crippen LogP contribution in [0.25, 0.3) is 0 Å². The van der Waals surface area contributed by atoms with Gasteiger partial charge in [-0.25, -0.2) is 9.49 Å². The van der Waals surface area contributed by atoms with Crippen LogP contribution in [0.4, 0.5) is 4.39 Å². The van der Waals surface area contributed by atoms with Gasteiger partial charge in [-0.15, -0.1) is 0 Å². The third-order valence-corrected chi connectivity index (χ3v) is 7.11. The number of aromatic nitrogens is 2. The number of H-pyrrole nitrogens is 1. The van der Waals surface area contributed by atoms with E-state index < -0.39 is 29.9 Å². The van der Waals surface area contributed by atoms with Crippen LogP contribution < -0.4 is 10.9 Å². The third kappa shape index (κ3) is 5.83. The van der Waals surface area contributed by atoms with Crippen LogP contribution in [0.2, 0.25) is 0 Å². The molecule has 2 heterocycles. The first-order chi connectivity index (χ1) is 18.0. The molecule has 9 heteroatoms. The summed E-state index contributed by atoms with van der Waals surface area (Å²) in [7, 11) is 0. The Morgan fingerprint density at radius 3 is 2.61 bits per heavy atom. The SMILES string of the molecule is Cc1cc(Cc2ccc(C(=O)NCC(=O)N3C(C(C)C)[C@H](O)C[C@H]3c3cccc(F)c3)cc2C)c(=O)[nH]n1. The van der Waals surface area contributed by atoms with Crippen molar-refractivity contribution in [3.63, 3.8) is 0 Å². The van der Waals surface area contributed by atoms with Crippen molar-refractivity contribution in [1.29, 1.82) is 0 Å². The van der Waals surface area contributed by atoms with E-state index >= 15 is 0 Å². The van der Waals surface area contributed by atoms with Crippen LogP contribution in [0.3, 0.4) is 0 Å². The predicted molar refractivity (Wildman–Crippen MR) is 141 cm³/mol. The van der Waals surface area contributed by atoms with Crippen molar-refractivity contribution in [2.75, 3.05) is 6.54 Å². The lowest BCUT2D eigenvalue weighted by Gasteiger charge is -2.33. The summed E-state index contributed by atoms with van der Waals surface area (Å²) in [6, 6.07) is 12.0. The molecule has 2 aromatic carbocycles. The first-order valence-electron chi connectivity index (χ1n) is 12.7. The molecule has 1 aliphatic rings. The summed E-state index contributed by atoms with van der Waals surface area (Å²) in [5.41, 5.74) is 3.79. The van der Waals surface area contributed by atoms with Crippen molar-refractivity contribution in [3.8, 4) is 0 Å². The second-order valence-electron chi connectivity index (χ2n) is 10.3. The zero-order valence-electron chi connectivity index (χ0n) is 22.0. The monoisotopic (exact) mass is 520 g/mol. The number of hydrogen-bond donors (Lipinski definition) is 3. The number of aliphatic hydroxyl groups is 1. The second kappa shape index (κ2) is 11.3. The van der Waals surface area contributed by atoms with E-state index in [4.69, 9.17) is 0 Å². The standard InChI is InChI=1S/C29H33FN4O4/c1-16(2)27-25(35)14-24(20-6-5-7-23(30)13-20)34(27)26(36)15-31-28(37)21-9-8-19(17(3)10-21)12-22-11-18(4)32-33-29(22)38/h5-11,13,16,24-25,27,35H,12,14-15H2,1-4H3,(H,31,37)(H,33,38)/t24-,25+,27?/m0/s1. The number of carbonyl (C=O) groups is 2. The van der Waals surface area contributed by atoms with Crippen molar-refractivity contribution in [1.82, 2.24) is 20.4 Å². The Kier molecular flexibility index (Phi) is 8.06. The van der Waals surface area contributed by atoms with E-state index in [9.17, 15) is 23.9 Å². The molecule has 1 unspecified atom stereocenters. The largest absolute Gasteiger partial charge is 0.391 e. The molecular formula is C29H33FN4O4. The van der Waals surface area contributed by atoms with Gasteiger partial charge in [0.1, 0.15) is 5.82 Å². The van der Waals surface area contributed by atoms with Gasteiger partial charge in [0.05, 0.1) is 30.4 Å².